The van der Waals surface area contributed by atoms with Gasteiger partial charge in [0.05, 0.1) is 0 Å². The highest BCUT2D eigenvalue weighted by molar-refractivity contribution is 5.64. The van der Waals surface area contributed by atoms with Crippen molar-refractivity contribution in [1.29, 1.82) is 0 Å². The number of nitrogens with zero attached hydrogens (tertiary/aromatic N) is 1. The van der Waals surface area contributed by atoms with E-state index in [-0.39, 0.29) is 6.10 Å². The molecule has 64 valence electrons. The summed E-state index contributed by atoms with van der Waals surface area (Å²) in [6.45, 7) is 1.75. The van der Waals surface area contributed by atoms with Gasteiger partial charge in [0.2, 0.25) is 0 Å². The number of primary amides is 1. The van der Waals surface area contributed by atoms with Crippen LogP contribution in [-0.4, -0.2) is 11.1 Å². The second-order valence-corrected chi connectivity index (χ2v) is 2.36. The topological polar surface area (TPSA) is 65.2 Å². The van der Waals surface area contributed by atoms with Crippen LogP contribution in [0.25, 0.3) is 0 Å². The van der Waals surface area contributed by atoms with E-state index in [1.165, 1.54) is 0 Å². The first-order chi connectivity index (χ1) is 5.70. The van der Waals surface area contributed by atoms with E-state index in [1.54, 1.807) is 31.5 Å². The van der Waals surface area contributed by atoms with Gasteiger partial charge in [-0.1, -0.05) is 0 Å². The summed E-state index contributed by atoms with van der Waals surface area (Å²) in [4.78, 5) is 14.2. The summed E-state index contributed by atoms with van der Waals surface area (Å²) in [5, 5.41) is 0. The average molecular weight is 166 g/mol. The lowest BCUT2D eigenvalue weighted by atomic mass is 10.2. The first kappa shape index (κ1) is 8.52. The summed E-state index contributed by atoms with van der Waals surface area (Å²) < 4.78 is 4.75. The number of carbonyl (C=O) groups is 1. The van der Waals surface area contributed by atoms with Gasteiger partial charge >= 0.3 is 6.09 Å². The monoisotopic (exact) mass is 166 g/mol. The molecule has 0 fully saturated rings. The molecule has 1 unspecified atom stereocenters. The van der Waals surface area contributed by atoms with Crippen LogP contribution in [0.15, 0.2) is 24.5 Å². The van der Waals surface area contributed by atoms with Crippen LogP contribution in [0.3, 0.4) is 0 Å². The Hall–Kier alpha value is -1.58. The lowest BCUT2D eigenvalue weighted by Crippen LogP contribution is -2.15. The quantitative estimate of drug-likeness (QED) is 0.718. The molecule has 0 aromatic carbocycles. The van der Waals surface area contributed by atoms with E-state index < -0.39 is 6.09 Å². The molecule has 2 N–H and O–H groups in total. The Kier molecular flexibility index (Phi) is 2.63. The van der Waals surface area contributed by atoms with Gasteiger partial charge in [0, 0.05) is 12.4 Å². The minimum absolute atomic E-state index is 0.314. The summed E-state index contributed by atoms with van der Waals surface area (Å²) in [6, 6.07) is 3.54. The number of rotatable bonds is 2. The summed E-state index contributed by atoms with van der Waals surface area (Å²) in [5.41, 5.74) is 5.73. The van der Waals surface area contributed by atoms with Crippen molar-refractivity contribution in [3.63, 3.8) is 0 Å². The maximum absolute atomic E-state index is 10.4. The largest absolute Gasteiger partial charge is 0.442 e. The van der Waals surface area contributed by atoms with Crippen molar-refractivity contribution in [2.75, 3.05) is 0 Å². The molecular formula is C8H10N2O2. The molecule has 0 aliphatic rings. The van der Waals surface area contributed by atoms with Crippen molar-refractivity contribution in [2.24, 2.45) is 5.73 Å². The summed E-state index contributed by atoms with van der Waals surface area (Å²) >= 11 is 0. The fourth-order valence-corrected chi connectivity index (χ4v) is 0.877. The van der Waals surface area contributed by atoms with Crippen molar-refractivity contribution in [2.45, 2.75) is 13.0 Å². The van der Waals surface area contributed by atoms with E-state index in [2.05, 4.69) is 4.98 Å². The molecule has 0 aliphatic heterocycles. The van der Waals surface area contributed by atoms with Gasteiger partial charge in [-0.2, -0.15) is 0 Å². The Labute approximate surface area is 70.4 Å². The van der Waals surface area contributed by atoms with Gasteiger partial charge in [-0.25, -0.2) is 4.79 Å². The summed E-state index contributed by atoms with van der Waals surface area (Å²) in [7, 11) is 0. The third-order valence-electron chi connectivity index (χ3n) is 1.47. The zero-order chi connectivity index (χ0) is 8.97. The first-order valence-corrected chi connectivity index (χ1v) is 3.56. The van der Waals surface area contributed by atoms with Gasteiger partial charge in [0.15, 0.2) is 0 Å². The maximum Gasteiger partial charge on any atom is 0.405 e. The normalized spacial score (nSPS) is 12.1. The highest BCUT2D eigenvalue weighted by Gasteiger charge is 2.07. The van der Waals surface area contributed by atoms with Crippen molar-refractivity contribution in [3.05, 3.63) is 30.1 Å². The maximum atomic E-state index is 10.4. The van der Waals surface area contributed by atoms with Crippen molar-refractivity contribution >= 4 is 6.09 Å². The zero-order valence-corrected chi connectivity index (χ0v) is 6.73. The smallest absolute Gasteiger partial charge is 0.405 e. The van der Waals surface area contributed by atoms with Crippen LogP contribution in [0.1, 0.15) is 18.6 Å². The number of hydrogen-bond donors (Lipinski definition) is 1. The minimum Gasteiger partial charge on any atom is -0.442 e. The second kappa shape index (κ2) is 3.71. The molecule has 1 amide bonds. The lowest BCUT2D eigenvalue weighted by molar-refractivity contribution is 0.116. The molecule has 0 spiro atoms. The van der Waals surface area contributed by atoms with Crippen LogP contribution in [0, 0.1) is 0 Å². The molecule has 4 nitrogen and oxygen atoms in total. The van der Waals surface area contributed by atoms with E-state index in [0.717, 1.165) is 5.56 Å². The molecule has 1 atom stereocenters. The molecule has 0 saturated heterocycles. The molecule has 12 heavy (non-hydrogen) atoms. The van der Waals surface area contributed by atoms with Crippen LogP contribution in [0.2, 0.25) is 0 Å². The van der Waals surface area contributed by atoms with Gasteiger partial charge in [-0.05, 0) is 24.6 Å². The Morgan fingerprint density at radius 1 is 1.58 bits per heavy atom. The SMILES string of the molecule is CC(OC(N)=O)c1ccncc1. The fraction of sp³-hybridized carbons (Fsp3) is 0.250. The van der Waals surface area contributed by atoms with Crippen molar-refractivity contribution in [1.82, 2.24) is 4.98 Å². The Bertz CT molecular complexity index is 261. The minimum atomic E-state index is -0.765. The molecule has 0 radical (unpaired) electrons. The molecule has 0 bridgehead atoms. The second-order valence-electron chi connectivity index (χ2n) is 2.36. The number of amides is 1. The van der Waals surface area contributed by atoms with E-state index in [9.17, 15) is 4.79 Å². The van der Waals surface area contributed by atoms with Crippen molar-refractivity contribution < 1.29 is 9.53 Å². The van der Waals surface area contributed by atoms with Gasteiger partial charge in [-0.15, -0.1) is 0 Å². The van der Waals surface area contributed by atoms with Crippen LogP contribution in [0.5, 0.6) is 0 Å². The molecule has 1 rings (SSSR count). The number of carbonyl (C=O) groups excluding carboxylic acids is 1. The fourth-order valence-electron chi connectivity index (χ4n) is 0.877. The molecule has 0 aliphatic carbocycles. The zero-order valence-electron chi connectivity index (χ0n) is 6.73. The van der Waals surface area contributed by atoms with E-state index in [1.807, 2.05) is 0 Å². The number of aromatic nitrogens is 1. The summed E-state index contributed by atoms with van der Waals surface area (Å²) in [6.07, 6.45) is 2.19. The van der Waals surface area contributed by atoms with Crippen LogP contribution < -0.4 is 5.73 Å². The predicted molar refractivity (Wildman–Crippen MR) is 43.3 cm³/mol. The van der Waals surface area contributed by atoms with E-state index >= 15 is 0 Å². The van der Waals surface area contributed by atoms with Gasteiger partial charge in [0.25, 0.3) is 0 Å². The molecule has 1 aromatic heterocycles. The molecule has 1 heterocycles. The molecule has 1 aromatic rings. The standard InChI is InChI=1S/C8H10N2O2/c1-6(12-8(9)11)7-2-4-10-5-3-7/h2-6H,1H3,(H2,9,11). The molecular weight excluding hydrogens is 156 g/mol. The van der Waals surface area contributed by atoms with Gasteiger partial charge in [-0.3, -0.25) is 4.98 Å². The predicted octanol–water partition coefficient (Wildman–Crippen LogP) is 1.24. The lowest BCUT2D eigenvalue weighted by Gasteiger charge is -2.10. The van der Waals surface area contributed by atoms with Crippen molar-refractivity contribution in [3.8, 4) is 0 Å². The first-order valence-electron chi connectivity index (χ1n) is 3.56. The molecule has 4 heteroatoms. The number of nitrogens with two attached hydrogens (primary N) is 1. The Morgan fingerprint density at radius 3 is 2.67 bits per heavy atom. The van der Waals surface area contributed by atoms with E-state index in [4.69, 9.17) is 10.5 Å². The van der Waals surface area contributed by atoms with Gasteiger partial charge < -0.3 is 10.5 Å². The van der Waals surface area contributed by atoms with Crippen LogP contribution >= 0.6 is 0 Å². The number of hydrogen-bond acceptors (Lipinski definition) is 3. The highest BCUT2D eigenvalue weighted by atomic mass is 16.6. The Balaban J connectivity index is 2.65. The Morgan fingerprint density at radius 2 is 2.17 bits per heavy atom. The average Bonchev–Trinajstić information content (AvgIpc) is 2.05. The van der Waals surface area contributed by atoms with Crippen LogP contribution in [0.4, 0.5) is 4.79 Å². The van der Waals surface area contributed by atoms with Crippen LogP contribution in [-0.2, 0) is 4.74 Å². The van der Waals surface area contributed by atoms with Gasteiger partial charge in [0.1, 0.15) is 6.10 Å². The number of pyridine rings is 1. The number of ether oxygens (including phenoxy) is 1. The third kappa shape index (κ3) is 2.23. The van der Waals surface area contributed by atoms with E-state index in [0.29, 0.717) is 0 Å². The highest BCUT2D eigenvalue weighted by Crippen LogP contribution is 2.14. The third-order valence-corrected chi connectivity index (χ3v) is 1.47. The summed E-state index contributed by atoms with van der Waals surface area (Å²) in [5.74, 6) is 0. The molecule has 0 saturated carbocycles.